The number of hydrogen-bond donors (Lipinski definition) is 0. The molecule has 0 saturated heterocycles. The molecule has 0 heteroatoms. The summed E-state index contributed by atoms with van der Waals surface area (Å²) in [5, 5.41) is 0. The largest absolute Gasteiger partial charge is 0.0654 e. The molecule has 0 nitrogen and oxygen atoms in total. The molecule has 24 heavy (non-hydrogen) atoms. The summed E-state index contributed by atoms with van der Waals surface area (Å²) in [7, 11) is 0. The summed E-state index contributed by atoms with van der Waals surface area (Å²) in [6.07, 6.45) is 6.17. The first-order valence-corrected chi connectivity index (χ1v) is 9.72. The minimum atomic E-state index is 0.0865. The first kappa shape index (κ1) is 18.8. The summed E-state index contributed by atoms with van der Waals surface area (Å²) in [6.45, 7) is 11.6. The lowest BCUT2D eigenvalue weighted by atomic mass is 9.64. The molecular weight excluding hydrogens is 288 g/mol. The third-order valence-corrected chi connectivity index (χ3v) is 5.64. The summed E-state index contributed by atoms with van der Waals surface area (Å²) in [5.74, 6) is 0.682. The fourth-order valence-electron chi connectivity index (χ4n) is 4.14. The highest BCUT2D eigenvalue weighted by atomic mass is 14.4. The van der Waals surface area contributed by atoms with Gasteiger partial charge in [0.2, 0.25) is 0 Å². The van der Waals surface area contributed by atoms with E-state index in [0.29, 0.717) is 5.92 Å². The van der Waals surface area contributed by atoms with E-state index < -0.39 is 0 Å². The minimum absolute atomic E-state index is 0.0865. The summed E-state index contributed by atoms with van der Waals surface area (Å²) in [5.41, 5.74) is 5.85. The van der Waals surface area contributed by atoms with Gasteiger partial charge in [-0.3, -0.25) is 0 Å². The van der Waals surface area contributed by atoms with Gasteiger partial charge in [0, 0.05) is 5.41 Å². The Kier molecular flexibility index (Phi) is 6.66. The van der Waals surface area contributed by atoms with Crippen molar-refractivity contribution in [2.45, 2.75) is 72.1 Å². The van der Waals surface area contributed by atoms with Crippen LogP contribution in [0.4, 0.5) is 0 Å². The van der Waals surface area contributed by atoms with Crippen LogP contribution >= 0.6 is 0 Å². The van der Waals surface area contributed by atoms with E-state index in [9.17, 15) is 0 Å². The molecule has 0 aliphatic rings. The topological polar surface area (TPSA) is 0 Å². The molecule has 2 aromatic carbocycles. The molecule has 0 bridgehead atoms. The molecule has 0 heterocycles. The van der Waals surface area contributed by atoms with Crippen LogP contribution in [0.15, 0.2) is 48.5 Å². The van der Waals surface area contributed by atoms with Crippen molar-refractivity contribution >= 4 is 0 Å². The van der Waals surface area contributed by atoms with Crippen molar-refractivity contribution in [2.75, 3.05) is 0 Å². The van der Waals surface area contributed by atoms with Gasteiger partial charge in [0.25, 0.3) is 0 Å². The van der Waals surface area contributed by atoms with E-state index in [0.717, 1.165) is 6.42 Å². The minimum Gasteiger partial charge on any atom is -0.0654 e. The average molecular weight is 323 g/mol. The molecule has 1 atom stereocenters. The van der Waals surface area contributed by atoms with Crippen LogP contribution < -0.4 is 0 Å². The maximum atomic E-state index is 2.48. The molecule has 0 aliphatic carbocycles. The predicted octanol–water partition coefficient (Wildman–Crippen LogP) is 7.08. The molecular formula is C24H34. The van der Waals surface area contributed by atoms with Crippen LogP contribution in [-0.2, 0) is 11.8 Å². The predicted molar refractivity (Wildman–Crippen MR) is 107 cm³/mol. The van der Waals surface area contributed by atoms with E-state index in [4.69, 9.17) is 0 Å². The number of hydrogen-bond acceptors (Lipinski definition) is 0. The fourth-order valence-corrected chi connectivity index (χ4v) is 4.14. The maximum Gasteiger partial charge on any atom is 0.0203 e. The Bertz CT molecular complexity index is 634. The average Bonchev–Trinajstić information content (AvgIpc) is 2.61. The maximum absolute atomic E-state index is 2.48. The van der Waals surface area contributed by atoms with E-state index in [2.05, 4.69) is 83.1 Å². The number of aryl methyl sites for hydroxylation is 2. The third kappa shape index (κ3) is 3.91. The van der Waals surface area contributed by atoms with Crippen LogP contribution in [0.3, 0.4) is 0 Å². The van der Waals surface area contributed by atoms with Crippen molar-refractivity contribution in [2.24, 2.45) is 5.92 Å². The van der Waals surface area contributed by atoms with E-state index in [-0.39, 0.29) is 5.41 Å². The van der Waals surface area contributed by atoms with Crippen LogP contribution in [0.1, 0.15) is 75.6 Å². The van der Waals surface area contributed by atoms with Gasteiger partial charge in [0.1, 0.15) is 0 Å². The van der Waals surface area contributed by atoms with Crippen molar-refractivity contribution in [3.63, 3.8) is 0 Å². The molecule has 130 valence electrons. The van der Waals surface area contributed by atoms with Crippen LogP contribution in [0.5, 0.6) is 0 Å². The first-order chi connectivity index (χ1) is 11.6. The highest BCUT2D eigenvalue weighted by Gasteiger charge is 2.36. The second-order valence-electron chi connectivity index (χ2n) is 7.40. The van der Waals surface area contributed by atoms with Crippen LogP contribution in [0.25, 0.3) is 0 Å². The Labute approximate surface area is 149 Å². The SMILES string of the molecule is CCCC(CCC)C(C)(c1cccc(C)c1)c1cccc(CC)c1. The van der Waals surface area contributed by atoms with E-state index in [1.165, 1.54) is 47.9 Å². The Morgan fingerprint density at radius 3 is 1.96 bits per heavy atom. The highest BCUT2D eigenvalue weighted by Crippen LogP contribution is 2.43. The first-order valence-electron chi connectivity index (χ1n) is 9.72. The van der Waals surface area contributed by atoms with Crippen molar-refractivity contribution in [3.8, 4) is 0 Å². The second-order valence-corrected chi connectivity index (χ2v) is 7.40. The Morgan fingerprint density at radius 2 is 1.42 bits per heavy atom. The molecule has 0 fully saturated rings. The summed E-state index contributed by atoms with van der Waals surface area (Å²) in [6, 6.07) is 18.5. The molecule has 1 unspecified atom stereocenters. The molecule has 0 radical (unpaired) electrons. The molecule has 0 spiro atoms. The van der Waals surface area contributed by atoms with Gasteiger partial charge < -0.3 is 0 Å². The number of benzene rings is 2. The van der Waals surface area contributed by atoms with Gasteiger partial charge in [0.15, 0.2) is 0 Å². The smallest absolute Gasteiger partial charge is 0.0203 e. The Morgan fingerprint density at radius 1 is 0.833 bits per heavy atom. The summed E-state index contributed by atoms with van der Waals surface area (Å²) >= 11 is 0. The monoisotopic (exact) mass is 322 g/mol. The van der Waals surface area contributed by atoms with Gasteiger partial charge in [-0.1, -0.05) is 94.6 Å². The van der Waals surface area contributed by atoms with Crippen molar-refractivity contribution in [1.82, 2.24) is 0 Å². The molecule has 0 N–H and O–H groups in total. The van der Waals surface area contributed by atoms with Crippen molar-refractivity contribution in [1.29, 1.82) is 0 Å². The quantitative estimate of drug-likeness (QED) is 0.487. The lowest BCUT2D eigenvalue weighted by Crippen LogP contribution is -2.34. The number of rotatable bonds is 8. The lowest BCUT2D eigenvalue weighted by Gasteiger charge is -2.40. The standard InChI is InChI=1S/C24H34/c1-6-11-21(12-7-2)24(5,22-15-9-13-19(4)17-22)23-16-10-14-20(8-3)18-23/h9-10,13-18,21H,6-8,11-12H2,1-5H3. The van der Waals surface area contributed by atoms with Gasteiger partial charge in [-0.15, -0.1) is 0 Å². The van der Waals surface area contributed by atoms with E-state index >= 15 is 0 Å². The van der Waals surface area contributed by atoms with E-state index in [1.54, 1.807) is 0 Å². The van der Waals surface area contributed by atoms with E-state index in [1.807, 2.05) is 0 Å². The molecule has 0 amide bonds. The van der Waals surface area contributed by atoms with Crippen molar-refractivity contribution < 1.29 is 0 Å². The Balaban J connectivity index is 2.62. The molecule has 2 rings (SSSR count). The highest BCUT2D eigenvalue weighted by molar-refractivity contribution is 5.42. The van der Waals surface area contributed by atoms with Crippen LogP contribution in [-0.4, -0.2) is 0 Å². The second kappa shape index (κ2) is 8.51. The molecule has 2 aromatic rings. The normalized spacial score (nSPS) is 13.9. The van der Waals surface area contributed by atoms with Gasteiger partial charge >= 0.3 is 0 Å². The van der Waals surface area contributed by atoms with Gasteiger partial charge in [-0.2, -0.15) is 0 Å². The summed E-state index contributed by atoms with van der Waals surface area (Å²) in [4.78, 5) is 0. The molecule has 0 aliphatic heterocycles. The van der Waals surface area contributed by atoms with Gasteiger partial charge in [0.05, 0.1) is 0 Å². The molecule has 0 saturated carbocycles. The van der Waals surface area contributed by atoms with Gasteiger partial charge in [-0.25, -0.2) is 0 Å². The zero-order valence-corrected chi connectivity index (χ0v) is 16.2. The third-order valence-electron chi connectivity index (χ3n) is 5.64. The summed E-state index contributed by atoms with van der Waals surface area (Å²) < 4.78 is 0. The van der Waals surface area contributed by atoms with Gasteiger partial charge in [-0.05, 0) is 48.8 Å². The van der Waals surface area contributed by atoms with Crippen LogP contribution in [0.2, 0.25) is 0 Å². The Hall–Kier alpha value is -1.56. The molecule has 0 aromatic heterocycles. The lowest BCUT2D eigenvalue weighted by molar-refractivity contribution is 0.298. The van der Waals surface area contributed by atoms with Crippen molar-refractivity contribution in [3.05, 3.63) is 70.8 Å². The zero-order valence-electron chi connectivity index (χ0n) is 16.2. The van der Waals surface area contributed by atoms with Crippen LogP contribution in [0, 0.1) is 12.8 Å². The zero-order chi connectivity index (χ0) is 17.6. The fraction of sp³-hybridized carbons (Fsp3) is 0.500.